The predicted molar refractivity (Wildman–Crippen MR) is 86.8 cm³/mol. The van der Waals surface area contributed by atoms with Crippen LogP contribution in [0, 0.1) is 0 Å². The molecule has 1 aromatic carbocycles. The molecule has 0 aromatic heterocycles. The summed E-state index contributed by atoms with van der Waals surface area (Å²) < 4.78 is 5.12. The maximum Gasteiger partial charge on any atom is 0.239 e. The van der Waals surface area contributed by atoms with Crippen LogP contribution in [-0.4, -0.2) is 43.0 Å². The molecule has 1 aromatic rings. The van der Waals surface area contributed by atoms with E-state index in [1.165, 1.54) is 6.92 Å². The van der Waals surface area contributed by atoms with Crippen molar-refractivity contribution in [2.24, 2.45) is 0 Å². The van der Waals surface area contributed by atoms with Gasteiger partial charge in [-0.1, -0.05) is 19.1 Å². The Balaban J connectivity index is 2.53. The molecule has 0 radical (unpaired) electrons. The predicted octanol–water partition coefficient (Wildman–Crippen LogP) is 2.00. The number of nitrogens with one attached hydrogen (secondary N) is 1. The molecule has 2 amide bonds. The third kappa shape index (κ3) is 6.16. The summed E-state index contributed by atoms with van der Waals surface area (Å²) in [6.07, 6.45) is 1.58. The maximum absolute atomic E-state index is 11.9. The molecule has 1 unspecified atom stereocenters. The fraction of sp³-hybridized carbons (Fsp3) is 0.529. The quantitative estimate of drug-likeness (QED) is 0.799. The normalized spacial score (nSPS) is 11.6. The van der Waals surface area contributed by atoms with E-state index in [0.717, 1.165) is 17.7 Å². The molecule has 0 spiro atoms. The van der Waals surface area contributed by atoms with Gasteiger partial charge in [0.25, 0.3) is 0 Å². The van der Waals surface area contributed by atoms with Crippen molar-refractivity contribution >= 4 is 11.8 Å². The lowest BCUT2D eigenvalue weighted by Gasteiger charge is -2.22. The largest absolute Gasteiger partial charge is 0.497 e. The van der Waals surface area contributed by atoms with E-state index in [4.69, 9.17) is 4.74 Å². The Morgan fingerprint density at radius 1 is 1.27 bits per heavy atom. The summed E-state index contributed by atoms with van der Waals surface area (Å²) in [7, 11) is 1.63. The van der Waals surface area contributed by atoms with Crippen LogP contribution < -0.4 is 10.1 Å². The SMILES string of the molecule is CCC(C)NC(=O)CN(CCc1ccc(OC)cc1)C(C)=O. The van der Waals surface area contributed by atoms with Gasteiger partial charge in [0.1, 0.15) is 5.75 Å². The number of methoxy groups -OCH3 is 1. The van der Waals surface area contributed by atoms with E-state index in [2.05, 4.69) is 5.32 Å². The molecular weight excluding hydrogens is 280 g/mol. The van der Waals surface area contributed by atoms with Gasteiger partial charge in [0.2, 0.25) is 11.8 Å². The Labute approximate surface area is 132 Å². The number of hydrogen-bond acceptors (Lipinski definition) is 3. The van der Waals surface area contributed by atoms with Gasteiger partial charge in [-0.3, -0.25) is 9.59 Å². The van der Waals surface area contributed by atoms with Crippen LogP contribution in [0.3, 0.4) is 0 Å². The summed E-state index contributed by atoms with van der Waals surface area (Å²) in [5.41, 5.74) is 1.11. The zero-order valence-corrected chi connectivity index (χ0v) is 13.9. The molecule has 0 saturated heterocycles. The summed E-state index contributed by atoms with van der Waals surface area (Å²) in [4.78, 5) is 25.2. The topological polar surface area (TPSA) is 58.6 Å². The van der Waals surface area contributed by atoms with Gasteiger partial charge in [0.15, 0.2) is 0 Å². The molecule has 22 heavy (non-hydrogen) atoms. The molecule has 5 heteroatoms. The molecule has 0 aliphatic rings. The van der Waals surface area contributed by atoms with E-state index in [1.807, 2.05) is 38.1 Å². The summed E-state index contributed by atoms with van der Waals surface area (Å²) in [6.45, 7) is 6.08. The van der Waals surface area contributed by atoms with Gasteiger partial charge in [-0.2, -0.15) is 0 Å². The zero-order chi connectivity index (χ0) is 16.5. The number of ether oxygens (including phenoxy) is 1. The highest BCUT2D eigenvalue weighted by atomic mass is 16.5. The highest BCUT2D eigenvalue weighted by molar-refractivity contribution is 5.83. The van der Waals surface area contributed by atoms with Gasteiger partial charge in [-0.15, -0.1) is 0 Å². The Bertz CT molecular complexity index is 485. The summed E-state index contributed by atoms with van der Waals surface area (Å²) in [6, 6.07) is 7.85. The van der Waals surface area contributed by atoms with Gasteiger partial charge in [-0.05, 0) is 37.5 Å². The van der Waals surface area contributed by atoms with Gasteiger partial charge in [0, 0.05) is 19.5 Å². The van der Waals surface area contributed by atoms with Crippen molar-refractivity contribution in [2.75, 3.05) is 20.2 Å². The Morgan fingerprint density at radius 2 is 1.91 bits per heavy atom. The van der Waals surface area contributed by atoms with Crippen LogP contribution in [-0.2, 0) is 16.0 Å². The molecule has 0 fully saturated rings. The van der Waals surface area contributed by atoms with Crippen molar-refractivity contribution in [2.45, 2.75) is 39.7 Å². The number of nitrogens with zero attached hydrogens (tertiary/aromatic N) is 1. The second kappa shape index (κ2) is 9.07. The molecule has 0 aliphatic carbocycles. The van der Waals surface area contributed by atoms with E-state index in [9.17, 15) is 9.59 Å². The van der Waals surface area contributed by atoms with Gasteiger partial charge >= 0.3 is 0 Å². The van der Waals surface area contributed by atoms with Gasteiger partial charge in [0.05, 0.1) is 13.7 Å². The second-order valence-electron chi connectivity index (χ2n) is 5.42. The van der Waals surface area contributed by atoms with Gasteiger partial charge in [-0.25, -0.2) is 0 Å². The fourth-order valence-corrected chi connectivity index (χ4v) is 2.00. The van der Waals surface area contributed by atoms with Crippen LogP contribution in [0.15, 0.2) is 24.3 Å². The zero-order valence-electron chi connectivity index (χ0n) is 13.9. The number of benzene rings is 1. The molecule has 1 N–H and O–H groups in total. The third-order valence-electron chi connectivity index (χ3n) is 3.63. The average molecular weight is 306 g/mol. The molecular formula is C17H26N2O3. The van der Waals surface area contributed by atoms with Crippen LogP contribution in [0.4, 0.5) is 0 Å². The molecule has 1 rings (SSSR count). The molecule has 0 heterocycles. The van der Waals surface area contributed by atoms with E-state index in [-0.39, 0.29) is 24.4 Å². The maximum atomic E-state index is 11.9. The van der Waals surface area contributed by atoms with Crippen LogP contribution in [0.1, 0.15) is 32.8 Å². The number of amides is 2. The standard InChI is InChI=1S/C17H26N2O3/c1-5-13(2)18-17(21)12-19(14(3)20)11-10-15-6-8-16(22-4)9-7-15/h6-9,13H,5,10-12H2,1-4H3,(H,18,21). The minimum absolute atomic E-state index is 0.0900. The lowest BCUT2D eigenvalue weighted by atomic mass is 10.1. The van der Waals surface area contributed by atoms with Crippen LogP contribution in [0.5, 0.6) is 5.75 Å². The Hall–Kier alpha value is -2.04. The fourth-order valence-electron chi connectivity index (χ4n) is 2.00. The molecule has 1 atom stereocenters. The van der Waals surface area contributed by atoms with E-state index >= 15 is 0 Å². The minimum atomic E-state index is -0.112. The van der Waals surface area contributed by atoms with Crippen molar-refractivity contribution in [3.8, 4) is 5.75 Å². The lowest BCUT2D eigenvalue weighted by Crippen LogP contribution is -2.43. The molecule has 0 saturated carbocycles. The second-order valence-corrected chi connectivity index (χ2v) is 5.42. The van der Waals surface area contributed by atoms with Crippen molar-refractivity contribution in [1.82, 2.24) is 10.2 Å². The van der Waals surface area contributed by atoms with Crippen LogP contribution in [0.25, 0.3) is 0 Å². The third-order valence-corrected chi connectivity index (χ3v) is 3.63. The van der Waals surface area contributed by atoms with Crippen LogP contribution >= 0.6 is 0 Å². The van der Waals surface area contributed by atoms with Crippen molar-refractivity contribution < 1.29 is 14.3 Å². The highest BCUT2D eigenvalue weighted by Crippen LogP contribution is 2.12. The summed E-state index contributed by atoms with van der Waals surface area (Å²) >= 11 is 0. The number of rotatable bonds is 8. The number of carbonyl (C=O) groups excluding carboxylic acids is 2. The minimum Gasteiger partial charge on any atom is -0.497 e. The molecule has 5 nitrogen and oxygen atoms in total. The number of hydrogen-bond donors (Lipinski definition) is 1. The summed E-state index contributed by atoms with van der Waals surface area (Å²) in [5.74, 6) is 0.604. The van der Waals surface area contributed by atoms with Crippen molar-refractivity contribution in [3.05, 3.63) is 29.8 Å². The van der Waals surface area contributed by atoms with E-state index in [1.54, 1.807) is 12.0 Å². The molecule has 0 bridgehead atoms. The Kier molecular flexibility index (Phi) is 7.43. The first-order valence-electron chi connectivity index (χ1n) is 7.64. The Morgan fingerprint density at radius 3 is 2.41 bits per heavy atom. The first-order chi connectivity index (χ1) is 10.5. The average Bonchev–Trinajstić information content (AvgIpc) is 2.51. The van der Waals surface area contributed by atoms with E-state index in [0.29, 0.717) is 13.0 Å². The monoisotopic (exact) mass is 306 g/mol. The highest BCUT2D eigenvalue weighted by Gasteiger charge is 2.14. The molecule has 122 valence electrons. The van der Waals surface area contributed by atoms with Gasteiger partial charge < -0.3 is 15.0 Å². The van der Waals surface area contributed by atoms with E-state index < -0.39 is 0 Å². The summed E-state index contributed by atoms with van der Waals surface area (Å²) in [5, 5.41) is 2.88. The van der Waals surface area contributed by atoms with Crippen molar-refractivity contribution in [3.63, 3.8) is 0 Å². The molecule has 0 aliphatic heterocycles. The first kappa shape index (κ1) is 18.0. The van der Waals surface area contributed by atoms with Crippen molar-refractivity contribution in [1.29, 1.82) is 0 Å². The number of carbonyl (C=O) groups is 2. The smallest absolute Gasteiger partial charge is 0.239 e. The first-order valence-corrected chi connectivity index (χ1v) is 7.64. The van der Waals surface area contributed by atoms with Crippen LogP contribution in [0.2, 0.25) is 0 Å². The lowest BCUT2D eigenvalue weighted by molar-refractivity contribution is -0.134.